The third kappa shape index (κ3) is 5.11. The van der Waals surface area contributed by atoms with Gasteiger partial charge in [-0.2, -0.15) is 0 Å². The summed E-state index contributed by atoms with van der Waals surface area (Å²) in [6, 6.07) is 15.3. The SMILES string of the molecule is CCc1nc(C)nc(N2CCN(C(=O)c3ccccc3Cl)CC2)c1Cc1cccc(OC)c1. The van der Waals surface area contributed by atoms with Crippen LogP contribution in [-0.2, 0) is 12.8 Å². The van der Waals surface area contributed by atoms with E-state index in [0.29, 0.717) is 36.8 Å². The van der Waals surface area contributed by atoms with Crippen LogP contribution in [0.5, 0.6) is 5.75 Å². The molecule has 0 radical (unpaired) electrons. The quantitative estimate of drug-likeness (QED) is 0.535. The third-order valence-corrected chi connectivity index (χ3v) is 6.33. The predicted molar refractivity (Wildman–Crippen MR) is 132 cm³/mol. The van der Waals surface area contributed by atoms with Crippen molar-refractivity contribution >= 4 is 23.3 Å². The van der Waals surface area contributed by atoms with Crippen molar-refractivity contribution in [3.63, 3.8) is 0 Å². The first-order valence-electron chi connectivity index (χ1n) is 11.3. The van der Waals surface area contributed by atoms with Gasteiger partial charge in [0.25, 0.3) is 5.91 Å². The average Bonchev–Trinajstić information content (AvgIpc) is 2.85. The monoisotopic (exact) mass is 464 g/mol. The van der Waals surface area contributed by atoms with E-state index in [9.17, 15) is 4.79 Å². The molecule has 1 saturated heterocycles. The molecule has 0 N–H and O–H groups in total. The number of piperazine rings is 1. The molecule has 7 heteroatoms. The van der Waals surface area contributed by atoms with Gasteiger partial charge < -0.3 is 14.5 Å². The Bertz CT molecular complexity index is 1140. The maximum Gasteiger partial charge on any atom is 0.255 e. The number of carbonyl (C=O) groups is 1. The predicted octanol–water partition coefficient (Wildman–Crippen LogP) is 4.56. The molecule has 0 unspecified atom stereocenters. The summed E-state index contributed by atoms with van der Waals surface area (Å²) in [4.78, 5) is 26.7. The fourth-order valence-electron chi connectivity index (χ4n) is 4.29. The van der Waals surface area contributed by atoms with E-state index in [2.05, 4.69) is 24.0 Å². The lowest BCUT2D eigenvalue weighted by molar-refractivity contribution is 0.0746. The van der Waals surface area contributed by atoms with Gasteiger partial charge in [-0.25, -0.2) is 9.97 Å². The van der Waals surface area contributed by atoms with Crippen LogP contribution in [-0.4, -0.2) is 54.1 Å². The van der Waals surface area contributed by atoms with Crippen LogP contribution in [0.25, 0.3) is 0 Å². The van der Waals surface area contributed by atoms with Crippen LogP contribution in [0.2, 0.25) is 5.02 Å². The molecular weight excluding hydrogens is 436 g/mol. The summed E-state index contributed by atoms with van der Waals surface area (Å²) >= 11 is 6.25. The lowest BCUT2D eigenvalue weighted by atomic mass is 10.0. The van der Waals surface area contributed by atoms with Crippen molar-refractivity contribution in [2.45, 2.75) is 26.7 Å². The summed E-state index contributed by atoms with van der Waals surface area (Å²) in [5, 5.41) is 0.490. The van der Waals surface area contributed by atoms with Gasteiger partial charge in [0.15, 0.2) is 0 Å². The summed E-state index contributed by atoms with van der Waals surface area (Å²) in [6.45, 7) is 6.72. The van der Waals surface area contributed by atoms with E-state index >= 15 is 0 Å². The summed E-state index contributed by atoms with van der Waals surface area (Å²) < 4.78 is 5.41. The van der Waals surface area contributed by atoms with Gasteiger partial charge in [-0.1, -0.05) is 42.8 Å². The number of aryl methyl sites for hydroxylation is 2. The molecule has 3 aromatic rings. The van der Waals surface area contributed by atoms with Crippen molar-refractivity contribution in [1.82, 2.24) is 14.9 Å². The zero-order chi connectivity index (χ0) is 23.4. The van der Waals surface area contributed by atoms with Crippen LogP contribution >= 0.6 is 11.6 Å². The van der Waals surface area contributed by atoms with Gasteiger partial charge in [0.1, 0.15) is 17.4 Å². The Morgan fingerprint density at radius 3 is 2.52 bits per heavy atom. The van der Waals surface area contributed by atoms with Gasteiger partial charge in [0, 0.05) is 43.9 Å². The molecule has 1 fully saturated rings. The number of nitrogens with zero attached hydrogens (tertiary/aromatic N) is 4. The minimum Gasteiger partial charge on any atom is -0.497 e. The van der Waals surface area contributed by atoms with Gasteiger partial charge in [0.2, 0.25) is 0 Å². The van der Waals surface area contributed by atoms with Crippen molar-refractivity contribution in [3.05, 3.63) is 81.8 Å². The van der Waals surface area contributed by atoms with E-state index in [4.69, 9.17) is 26.3 Å². The molecule has 0 bridgehead atoms. The van der Waals surface area contributed by atoms with E-state index in [1.54, 1.807) is 19.2 Å². The lowest BCUT2D eigenvalue weighted by Gasteiger charge is -2.36. The molecule has 6 nitrogen and oxygen atoms in total. The highest BCUT2D eigenvalue weighted by atomic mass is 35.5. The fraction of sp³-hybridized carbons (Fsp3) is 0.346. The fourth-order valence-corrected chi connectivity index (χ4v) is 4.50. The van der Waals surface area contributed by atoms with E-state index in [-0.39, 0.29) is 5.91 Å². The molecule has 2 aromatic carbocycles. The minimum atomic E-state index is -0.0232. The normalized spacial score (nSPS) is 13.8. The number of rotatable bonds is 6. The Morgan fingerprint density at radius 2 is 1.82 bits per heavy atom. The van der Waals surface area contributed by atoms with Crippen molar-refractivity contribution in [2.24, 2.45) is 0 Å². The molecule has 0 spiro atoms. The van der Waals surface area contributed by atoms with E-state index < -0.39 is 0 Å². The van der Waals surface area contributed by atoms with Crippen LogP contribution < -0.4 is 9.64 Å². The van der Waals surface area contributed by atoms with Crippen LogP contribution in [0.3, 0.4) is 0 Å². The number of ether oxygens (including phenoxy) is 1. The highest BCUT2D eigenvalue weighted by Crippen LogP contribution is 2.27. The molecule has 0 atom stereocenters. The average molecular weight is 465 g/mol. The second-order valence-corrected chi connectivity index (χ2v) is 8.57. The number of amides is 1. The maximum absolute atomic E-state index is 13.0. The number of halogens is 1. The molecule has 172 valence electrons. The number of anilines is 1. The van der Waals surface area contributed by atoms with E-state index in [1.807, 2.05) is 36.1 Å². The smallest absolute Gasteiger partial charge is 0.255 e. The molecule has 1 amide bonds. The first-order chi connectivity index (χ1) is 16.0. The van der Waals surface area contributed by atoms with E-state index in [0.717, 1.165) is 47.1 Å². The molecule has 4 rings (SSSR count). The van der Waals surface area contributed by atoms with Crippen LogP contribution in [0.1, 0.15) is 39.9 Å². The summed E-state index contributed by atoms with van der Waals surface area (Å²) in [7, 11) is 1.68. The number of benzene rings is 2. The Kier molecular flexibility index (Phi) is 7.14. The molecule has 1 aliphatic rings. The standard InChI is InChI=1S/C26H29ClN4O2/c1-4-24-22(17-19-8-7-9-20(16-19)33-3)25(29-18(2)28-24)30-12-14-31(15-13-30)26(32)21-10-5-6-11-23(21)27/h5-11,16H,4,12-15,17H2,1-3H3. The molecule has 33 heavy (non-hydrogen) atoms. The maximum atomic E-state index is 13.0. The number of carbonyl (C=O) groups excluding carboxylic acids is 1. The first kappa shape index (κ1) is 23.1. The second-order valence-electron chi connectivity index (χ2n) is 8.16. The summed E-state index contributed by atoms with van der Waals surface area (Å²) in [5.41, 5.74) is 3.92. The van der Waals surface area contributed by atoms with Crippen LogP contribution in [0.15, 0.2) is 48.5 Å². The molecule has 1 aliphatic heterocycles. The highest BCUT2D eigenvalue weighted by Gasteiger charge is 2.26. The molecule has 0 aliphatic carbocycles. The summed E-state index contributed by atoms with van der Waals surface area (Å²) in [5.74, 6) is 2.55. The topological polar surface area (TPSA) is 58.6 Å². The molecule has 2 heterocycles. The molecule has 0 saturated carbocycles. The zero-order valence-corrected chi connectivity index (χ0v) is 20.1. The molecular formula is C26H29ClN4O2. The van der Waals surface area contributed by atoms with Crippen LogP contribution in [0, 0.1) is 6.92 Å². The van der Waals surface area contributed by atoms with Gasteiger partial charge in [-0.15, -0.1) is 0 Å². The van der Waals surface area contributed by atoms with Crippen LogP contribution in [0.4, 0.5) is 5.82 Å². The Morgan fingerprint density at radius 1 is 1.06 bits per heavy atom. The van der Waals surface area contributed by atoms with Gasteiger partial charge in [0.05, 0.1) is 17.7 Å². The van der Waals surface area contributed by atoms with Gasteiger partial charge in [-0.05, 0) is 43.2 Å². The van der Waals surface area contributed by atoms with Crippen molar-refractivity contribution < 1.29 is 9.53 Å². The third-order valence-electron chi connectivity index (χ3n) is 6.00. The van der Waals surface area contributed by atoms with Crippen molar-refractivity contribution in [1.29, 1.82) is 0 Å². The van der Waals surface area contributed by atoms with Gasteiger partial charge in [-0.3, -0.25) is 4.79 Å². The zero-order valence-electron chi connectivity index (χ0n) is 19.3. The number of hydrogen-bond acceptors (Lipinski definition) is 5. The Balaban J connectivity index is 1.57. The molecule has 1 aromatic heterocycles. The summed E-state index contributed by atoms with van der Waals surface area (Å²) in [6.07, 6.45) is 1.56. The largest absolute Gasteiger partial charge is 0.497 e. The number of methoxy groups -OCH3 is 1. The van der Waals surface area contributed by atoms with Crippen molar-refractivity contribution in [2.75, 3.05) is 38.2 Å². The Labute approximate surface area is 200 Å². The number of aromatic nitrogens is 2. The Hall–Kier alpha value is -3.12. The minimum absolute atomic E-state index is 0.0232. The highest BCUT2D eigenvalue weighted by molar-refractivity contribution is 6.33. The van der Waals surface area contributed by atoms with Gasteiger partial charge >= 0.3 is 0 Å². The lowest BCUT2D eigenvalue weighted by Crippen LogP contribution is -2.49. The second kappa shape index (κ2) is 10.2. The van der Waals surface area contributed by atoms with E-state index in [1.165, 1.54) is 0 Å². The van der Waals surface area contributed by atoms with Crippen molar-refractivity contribution in [3.8, 4) is 5.75 Å². The first-order valence-corrected chi connectivity index (χ1v) is 11.7. The number of hydrogen-bond donors (Lipinski definition) is 0.